The smallest absolute Gasteiger partial charge is 0.234 e. The lowest BCUT2D eigenvalue weighted by Crippen LogP contribution is -2.14. The molecule has 2 heterocycles. The van der Waals surface area contributed by atoms with E-state index in [0.29, 0.717) is 15.9 Å². The van der Waals surface area contributed by atoms with E-state index in [2.05, 4.69) is 27.6 Å². The van der Waals surface area contributed by atoms with Crippen LogP contribution in [0.2, 0.25) is 5.02 Å². The van der Waals surface area contributed by atoms with Crippen LogP contribution < -0.4 is 5.32 Å². The Morgan fingerprint density at radius 1 is 1.15 bits per heavy atom. The number of halogens is 1. The van der Waals surface area contributed by atoms with Crippen LogP contribution in [0.4, 0.5) is 5.69 Å². The minimum atomic E-state index is -0.106. The summed E-state index contributed by atoms with van der Waals surface area (Å²) >= 11 is 7.22. The van der Waals surface area contributed by atoms with Crippen molar-refractivity contribution in [3.05, 3.63) is 65.2 Å². The lowest BCUT2D eigenvalue weighted by atomic mass is 10.1. The molecule has 2 aromatic carbocycles. The van der Waals surface area contributed by atoms with Gasteiger partial charge in [0, 0.05) is 10.7 Å². The van der Waals surface area contributed by atoms with E-state index >= 15 is 0 Å². The Bertz CT molecular complexity index is 1110. The van der Waals surface area contributed by atoms with Crippen LogP contribution in [0.1, 0.15) is 5.56 Å². The number of fused-ring (bicyclic) bond motifs is 3. The first kappa shape index (κ1) is 16.9. The van der Waals surface area contributed by atoms with Gasteiger partial charge >= 0.3 is 0 Å². The Morgan fingerprint density at radius 2 is 1.92 bits per heavy atom. The molecule has 0 spiro atoms. The van der Waals surface area contributed by atoms with Crippen LogP contribution in [0, 0.1) is 6.92 Å². The molecule has 0 atom stereocenters. The fraction of sp³-hybridized carbons (Fsp3) is 0.105. The van der Waals surface area contributed by atoms with Gasteiger partial charge in [0.15, 0.2) is 10.8 Å². The number of pyridine rings is 1. The van der Waals surface area contributed by atoms with Crippen molar-refractivity contribution in [1.29, 1.82) is 0 Å². The molecule has 130 valence electrons. The van der Waals surface area contributed by atoms with Crippen LogP contribution in [0.5, 0.6) is 0 Å². The average Bonchev–Trinajstić information content (AvgIpc) is 3.07. The summed E-state index contributed by atoms with van der Waals surface area (Å²) < 4.78 is 2.00. The van der Waals surface area contributed by atoms with Gasteiger partial charge in [-0.15, -0.1) is 10.2 Å². The van der Waals surface area contributed by atoms with E-state index in [1.54, 1.807) is 24.3 Å². The van der Waals surface area contributed by atoms with Gasteiger partial charge in [0.1, 0.15) is 0 Å². The van der Waals surface area contributed by atoms with Gasteiger partial charge in [0.05, 0.1) is 11.3 Å². The number of rotatable bonds is 4. The van der Waals surface area contributed by atoms with E-state index in [9.17, 15) is 4.79 Å². The molecule has 4 rings (SSSR count). The minimum Gasteiger partial charge on any atom is -0.325 e. The molecule has 0 bridgehead atoms. The number of amides is 1. The molecule has 2 aromatic heterocycles. The lowest BCUT2D eigenvalue weighted by Gasteiger charge is -2.07. The standard InChI is InChI=1S/C19H15ClN4OS/c1-12-10-13-4-2-3-5-16(13)24-18(12)22-23-19(24)26-11-17(25)21-15-8-6-14(20)7-9-15/h2-10H,11H2,1H3,(H,21,25). The predicted molar refractivity (Wildman–Crippen MR) is 106 cm³/mol. The second-order valence-electron chi connectivity index (χ2n) is 5.87. The number of aryl methyl sites for hydroxylation is 1. The number of hydrogen-bond donors (Lipinski definition) is 1. The summed E-state index contributed by atoms with van der Waals surface area (Å²) in [5.41, 5.74) is 3.60. The third-order valence-electron chi connectivity index (χ3n) is 4.00. The van der Waals surface area contributed by atoms with Gasteiger partial charge in [0.2, 0.25) is 5.91 Å². The van der Waals surface area contributed by atoms with E-state index < -0.39 is 0 Å². The number of benzene rings is 2. The summed E-state index contributed by atoms with van der Waals surface area (Å²) in [7, 11) is 0. The molecule has 26 heavy (non-hydrogen) atoms. The van der Waals surface area contributed by atoms with Gasteiger partial charge in [-0.25, -0.2) is 0 Å². The molecule has 0 saturated heterocycles. The highest BCUT2D eigenvalue weighted by Gasteiger charge is 2.13. The highest BCUT2D eigenvalue weighted by Crippen LogP contribution is 2.25. The number of para-hydroxylation sites is 1. The van der Waals surface area contributed by atoms with Gasteiger partial charge in [-0.05, 0) is 54.3 Å². The number of carbonyl (C=O) groups is 1. The van der Waals surface area contributed by atoms with Crippen molar-refractivity contribution in [3.63, 3.8) is 0 Å². The molecule has 0 unspecified atom stereocenters. The van der Waals surface area contributed by atoms with Crippen molar-refractivity contribution in [2.24, 2.45) is 0 Å². The zero-order chi connectivity index (χ0) is 18.1. The van der Waals surface area contributed by atoms with E-state index in [1.165, 1.54) is 11.8 Å². The SMILES string of the molecule is Cc1cc2ccccc2n2c(SCC(=O)Nc3ccc(Cl)cc3)nnc12. The summed E-state index contributed by atoms with van der Waals surface area (Å²) in [6, 6.07) is 17.2. The number of nitrogens with one attached hydrogen (secondary N) is 1. The van der Waals surface area contributed by atoms with Gasteiger partial charge in [-0.2, -0.15) is 0 Å². The zero-order valence-corrected chi connectivity index (χ0v) is 15.5. The minimum absolute atomic E-state index is 0.106. The largest absolute Gasteiger partial charge is 0.325 e. The maximum Gasteiger partial charge on any atom is 0.234 e. The third-order valence-corrected chi connectivity index (χ3v) is 5.18. The summed E-state index contributed by atoms with van der Waals surface area (Å²) in [5.74, 6) is 0.136. The average molecular weight is 383 g/mol. The second-order valence-corrected chi connectivity index (χ2v) is 7.25. The highest BCUT2D eigenvalue weighted by atomic mass is 35.5. The number of carbonyl (C=O) groups excluding carboxylic acids is 1. The van der Waals surface area contributed by atoms with Crippen molar-refractivity contribution in [2.75, 3.05) is 11.1 Å². The zero-order valence-electron chi connectivity index (χ0n) is 13.9. The maximum atomic E-state index is 12.2. The first-order valence-corrected chi connectivity index (χ1v) is 9.40. The summed E-state index contributed by atoms with van der Waals surface area (Å²) in [4.78, 5) is 12.2. The van der Waals surface area contributed by atoms with E-state index in [0.717, 1.165) is 22.1 Å². The first-order valence-electron chi connectivity index (χ1n) is 8.03. The maximum absolute atomic E-state index is 12.2. The van der Waals surface area contributed by atoms with Crippen molar-refractivity contribution in [3.8, 4) is 0 Å². The van der Waals surface area contributed by atoms with Gasteiger partial charge in [-0.1, -0.05) is 41.6 Å². The Kier molecular flexibility index (Phi) is 4.53. The van der Waals surface area contributed by atoms with E-state index in [-0.39, 0.29) is 11.7 Å². The molecule has 7 heteroatoms. The monoisotopic (exact) mass is 382 g/mol. The fourth-order valence-electron chi connectivity index (χ4n) is 2.81. The number of hydrogen-bond acceptors (Lipinski definition) is 4. The molecule has 0 radical (unpaired) electrons. The Balaban J connectivity index is 1.57. The van der Waals surface area contributed by atoms with Crippen LogP contribution in [0.15, 0.2) is 59.8 Å². The van der Waals surface area contributed by atoms with Crippen LogP contribution in [-0.4, -0.2) is 26.3 Å². The number of anilines is 1. The second kappa shape index (κ2) is 6.97. The molecule has 0 saturated carbocycles. The van der Waals surface area contributed by atoms with Crippen molar-refractivity contribution >= 4 is 51.5 Å². The lowest BCUT2D eigenvalue weighted by molar-refractivity contribution is -0.113. The number of aromatic nitrogens is 3. The Hall–Kier alpha value is -2.57. The predicted octanol–water partition coefficient (Wildman–Crippen LogP) is 4.58. The topological polar surface area (TPSA) is 59.3 Å². The van der Waals surface area contributed by atoms with Gasteiger partial charge in [-0.3, -0.25) is 9.20 Å². The van der Waals surface area contributed by atoms with Crippen molar-refractivity contribution in [2.45, 2.75) is 12.1 Å². The van der Waals surface area contributed by atoms with Gasteiger partial charge < -0.3 is 5.32 Å². The first-order chi connectivity index (χ1) is 12.6. The molecule has 4 aromatic rings. The number of nitrogens with zero attached hydrogens (tertiary/aromatic N) is 3. The summed E-state index contributed by atoms with van der Waals surface area (Å²) in [5, 5.41) is 13.9. The highest BCUT2D eigenvalue weighted by molar-refractivity contribution is 7.99. The van der Waals surface area contributed by atoms with Crippen LogP contribution in [0.3, 0.4) is 0 Å². The molecule has 0 aliphatic rings. The van der Waals surface area contributed by atoms with Crippen LogP contribution in [0.25, 0.3) is 16.6 Å². The van der Waals surface area contributed by atoms with Crippen LogP contribution in [-0.2, 0) is 4.79 Å². The molecular weight excluding hydrogens is 368 g/mol. The summed E-state index contributed by atoms with van der Waals surface area (Å²) in [6.07, 6.45) is 0. The van der Waals surface area contributed by atoms with Gasteiger partial charge in [0.25, 0.3) is 0 Å². The van der Waals surface area contributed by atoms with Crippen molar-refractivity contribution < 1.29 is 4.79 Å². The quantitative estimate of drug-likeness (QED) is 0.525. The van der Waals surface area contributed by atoms with E-state index in [1.807, 2.05) is 29.5 Å². The molecular formula is C19H15ClN4OS. The molecule has 0 aliphatic carbocycles. The van der Waals surface area contributed by atoms with Crippen molar-refractivity contribution in [1.82, 2.24) is 14.6 Å². The molecule has 1 amide bonds. The normalized spacial score (nSPS) is 11.2. The number of thioether (sulfide) groups is 1. The summed E-state index contributed by atoms with van der Waals surface area (Å²) in [6.45, 7) is 2.01. The Labute approximate surface area is 159 Å². The molecule has 0 aliphatic heterocycles. The fourth-order valence-corrected chi connectivity index (χ4v) is 3.68. The molecule has 0 fully saturated rings. The Morgan fingerprint density at radius 3 is 2.73 bits per heavy atom. The molecule has 5 nitrogen and oxygen atoms in total. The van der Waals surface area contributed by atoms with Crippen LogP contribution >= 0.6 is 23.4 Å². The van der Waals surface area contributed by atoms with E-state index in [4.69, 9.17) is 11.6 Å². The molecule has 1 N–H and O–H groups in total. The third kappa shape index (κ3) is 3.25.